The highest BCUT2D eigenvalue weighted by atomic mass is 15.0. The van der Waals surface area contributed by atoms with Crippen molar-refractivity contribution >= 4 is 21.8 Å². The predicted octanol–water partition coefficient (Wildman–Crippen LogP) is 11.8. The molecule has 0 amide bonds. The van der Waals surface area contributed by atoms with Crippen molar-refractivity contribution in [2.75, 3.05) is 20.6 Å². The van der Waals surface area contributed by atoms with Crippen LogP contribution in [0.5, 0.6) is 0 Å². The number of aromatic nitrogens is 1. The van der Waals surface area contributed by atoms with E-state index in [0.29, 0.717) is 0 Å². The van der Waals surface area contributed by atoms with E-state index in [1.807, 2.05) is 55.4 Å². The fourth-order valence-corrected chi connectivity index (χ4v) is 4.51. The summed E-state index contributed by atoms with van der Waals surface area (Å²) in [6, 6.07) is 32.7. The molecule has 1 aromatic heterocycles. The molecule has 1 aliphatic rings. The number of nitrogens with zero attached hydrogens (tertiary/aromatic N) is 2. The Morgan fingerprint density at radius 3 is 1.48 bits per heavy atom. The molecular formula is C40H60N2. The van der Waals surface area contributed by atoms with Crippen LogP contribution in [0.2, 0.25) is 0 Å². The van der Waals surface area contributed by atoms with Crippen LogP contribution in [0.1, 0.15) is 85.9 Å². The standard InChI is InChI=1S/C15H15N.C13H10.C4H11N.4C2H6/c1-3-11-8-9-13-12-6-4-5-7-14(12)16(2)15(13)10-11;1-3-7-12-10(5-1)9-11-6-2-4-8-13(11)12;1-4-5(2)3;4*1-2/h4-10H,3H2,1-2H3;1-8H,9H2;4H2,1-3H3;4*1-2H3. The van der Waals surface area contributed by atoms with E-state index in [1.54, 1.807) is 0 Å². The van der Waals surface area contributed by atoms with Crippen LogP contribution in [0.15, 0.2) is 91.0 Å². The first-order valence-corrected chi connectivity index (χ1v) is 16.3. The highest BCUT2D eigenvalue weighted by Crippen LogP contribution is 2.35. The molecule has 0 spiro atoms. The van der Waals surface area contributed by atoms with E-state index in [1.165, 1.54) is 49.6 Å². The van der Waals surface area contributed by atoms with Crippen LogP contribution >= 0.6 is 0 Å². The average Bonchev–Trinajstić information content (AvgIpc) is 3.60. The highest BCUT2D eigenvalue weighted by Gasteiger charge is 2.15. The Labute approximate surface area is 259 Å². The van der Waals surface area contributed by atoms with Gasteiger partial charge in [-0.2, -0.15) is 0 Å². The molecule has 0 atom stereocenters. The van der Waals surface area contributed by atoms with Gasteiger partial charge in [-0.25, -0.2) is 0 Å². The minimum absolute atomic E-state index is 1.09. The lowest BCUT2D eigenvalue weighted by molar-refractivity contribution is 0.434. The molecule has 5 aromatic rings. The number of benzene rings is 4. The van der Waals surface area contributed by atoms with E-state index in [4.69, 9.17) is 0 Å². The normalized spacial score (nSPS) is 9.86. The van der Waals surface area contributed by atoms with Crippen LogP contribution < -0.4 is 0 Å². The number of hydrogen-bond donors (Lipinski definition) is 0. The van der Waals surface area contributed by atoms with Crippen molar-refractivity contribution in [3.63, 3.8) is 0 Å². The van der Waals surface area contributed by atoms with Gasteiger partial charge in [0.1, 0.15) is 0 Å². The van der Waals surface area contributed by atoms with Crippen LogP contribution in [0, 0.1) is 0 Å². The van der Waals surface area contributed by atoms with Gasteiger partial charge in [-0.05, 0) is 73.4 Å². The third kappa shape index (κ3) is 10.5. The summed E-state index contributed by atoms with van der Waals surface area (Å²) in [6.45, 7) is 21.5. The van der Waals surface area contributed by atoms with Crippen molar-refractivity contribution in [3.8, 4) is 11.1 Å². The van der Waals surface area contributed by atoms with Crippen molar-refractivity contribution in [2.45, 2.75) is 82.1 Å². The molecule has 230 valence electrons. The molecule has 0 N–H and O–H groups in total. The molecule has 0 bridgehead atoms. The first kappa shape index (κ1) is 38.6. The van der Waals surface area contributed by atoms with Gasteiger partial charge in [0, 0.05) is 28.9 Å². The lowest BCUT2D eigenvalue weighted by Crippen LogP contribution is -2.08. The number of rotatable bonds is 2. The van der Waals surface area contributed by atoms with Gasteiger partial charge in [0.05, 0.1) is 0 Å². The van der Waals surface area contributed by atoms with Crippen molar-refractivity contribution in [1.29, 1.82) is 0 Å². The fourth-order valence-electron chi connectivity index (χ4n) is 4.51. The summed E-state index contributed by atoms with van der Waals surface area (Å²) < 4.78 is 2.28. The van der Waals surface area contributed by atoms with Gasteiger partial charge in [0.25, 0.3) is 0 Å². The first-order valence-electron chi connectivity index (χ1n) is 16.3. The SMILES string of the molecule is CC.CC.CC.CC.CCN(C)C.CCc1ccc2c3ccccc3n(C)c2c1.c1ccc2c(c1)Cc1ccccc1-2. The summed E-state index contributed by atoms with van der Waals surface area (Å²) >= 11 is 0. The van der Waals surface area contributed by atoms with Crippen molar-refractivity contribution in [2.24, 2.45) is 7.05 Å². The molecule has 0 unspecified atom stereocenters. The lowest BCUT2D eigenvalue weighted by Gasteiger charge is -2.00. The maximum Gasteiger partial charge on any atom is 0.0491 e. The quantitative estimate of drug-likeness (QED) is 0.202. The van der Waals surface area contributed by atoms with Gasteiger partial charge < -0.3 is 9.47 Å². The third-order valence-electron chi connectivity index (χ3n) is 6.73. The lowest BCUT2D eigenvalue weighted by atomic mass is 10.1. The van der Waals surface area contributed by atoms with Crippen molar-refractivity contribution < 1.29 is 0 Å². The number of aryl methyl sites for hydroxylation is 2. The largest absolute Gasteiger partial charge is 0.344 e. The van der Waals surface area contributed by atoms with Gasteiger partial charge in [-0.1, -0.05) is 148 Å². The summed E-state index contributed by atoms with van der Waals surface area (Å²) in [7, 11) is 6.25. The second-order valence-corrected chi connectivity index (χ2v) is 9.17. The topological polar surface area (TPSA) is 8.17 Å². The van der Waals surface area contributed by atoms with Gasteiger partial charge in [-0.3, -0.25) is 0 Å². The minimum atomic E-state index is 1.09. The number of fused-ring (bicyclic) bond motifs is 6. The zero-order valence-electron chi connectivity index (χ0n) is 29.2. The van der Waals surface area contributed by atoms with E-state index in [0.717, 1.165) is 19.4 Å². The third-order valence-corrected chi connectivity index (χ3v) is 6.73. The van der Waals surface area contributed by atoms with Crippen LogP contribution in [0.4, 0.5) is 0 Å². The summed E-state index contributed by atoms with van der Waals surface area (Å²) in [6.07, 6.45) is 2.20. The Morgan fingerprint density at radius 1 is 0.571 bits per heavy atom. The Balaban J connectivity index is 0.000000581. The average molecular weight is 569 g/mol. The molecule has 0 fully saturated rings. The smallest absolute Gasteiger partial charge is 0.0491 e. The molecule has 4 aromatic carbocycles. The minimum Gasteiger partial charge on any atom is -0.344 e. The maximum atomic E-state index is 2.30. The second kappa shape index (κ2) is 22.3. The highest BCUT2D eigenvalue weighted by molar-refractivity contribution is 6.08. The Kier molecular flexibility index (Phi) is 20.5. The Bertz CT molecular complexity index is 1350. The van der Waals surface area contributed by atoms with E-state index in [2.05, 4.69) is 135 Å². The zero-order valence-corrected chi connectivity index (χ0v) is 29.2. The Morgan fingerprint density at radius 2 is 1.00 bits per heavy atom. The summed E-state index contributed by atoms with van der Waals surface area (Å²) in [5.41, 5.74) is 9.80. The van der Waals surface area contributed by atoms with Gasteiger partial charge in [-0.15, -0.1) is 0 Å². The second-order valence-electron chi connectivity index (χ2n) is 9.17. The van der Waals surface area contributed by atoms with Crippen molar-refractivity contribution in [1.82, 2.24) is 9.47 Å². The molecule has 42 heavy (non-hydrogen) atoms. The summed E-state index contributed by atoms with van der Waals surface area (Å²) in [5.74, 6) is 0. The fraction of sp³-hybridized carbons (Fsp3) is 0.400. The van der Waals surface area contributed by atoms with E-state index in [-0.39, 0.29) is 0 Å². The van der Waals surface area contributed by atoms with E-state index < -0.39 is 0 Å². The Hall–Kier alpha value is -3.36. The number of para-hydroxylation sites is 1. The molecule has 0 saturated carbocycles. The van der Waals surface area contributed by atoms with Gasteiger partial charge in [0.2, 0.25) is 0 Å². The zero-order chi connectivity index (χ0) is 32.1. The van der Waals surface area contributed by atoms with E-state index in [9.17, 15) is 0 Å². The maximum absolute atomic E-state index is 2.30. The molecule has 1 aliphatic carbocycles. The van der Waals surface area contributed by atoms with Crippen LogP contribution in [0.25, 0.3) is 32.9 Å². The first-order chi connectivity index (χ1) is 20.5. The van der Waals surface area contributed by atoms with Gasteiger partial charge >= 0.3 is 0 Å². The molecule has 0 radical (unpaired) electrons. The van der Waals surface area contributed by atoms with Crippen molar-refractivity contribution in [3.05, 3.63) is 108 Å². The molecular weight excluding hydrogens is 508 g/mol. The predicted molar refractivity (Wildman–Crippen MR) is 194 cm³/mol. The van der Waals surface area contributed by atoms with Crippen LogP contribution in [0.3, 0.4) is 0 Å². The molecule has 2 heteroatoms. The van der Waals surface area contributed by atoms with E-state index >= 15 is 0 Å². The molecule has 2 nitrogen and oxygen atoms in total. The summed E-state index contributed by atoms with van der Waals surface area (Å²) in [5, 5.41) is 2.71. The number of hydrogen-bond acceptors (Lipinski definition) is 1. The van der Waals surface area contributed by atoms with Gasteiger partial charge in [0.15, 0.2) is 0 Å². The monoisotopic (exact) mass is 568 g/mol. The molecule has 0 aliphatic heterocycles. The van der Waals surface area contributed by atoms with Crippen LogP contribution in [-0.4, -0.2) is 30.1 Å². The van der Waals surface area contributed by atoms with Crippen LogP contribution in [-0.2, 0) is 19.9 Å². The molecule has 1 heterocycles. The molecule has 0 saturated heterocycles. The molecule has 6 rings (SSSR count). The summed E-state index contributed by atoms with van der Waals surface area (Å²) in [4.78, 5) is 2.12.